The van der Waals surface area contributed by atoms with E-state index in [-0.39, 0.29) is 23.8 Å². The van der Waals surface area contributed by atoms with E-state index in [1.807, 2.05) is 20.8 Å². The number of rotatable bonds is 6. The molecule has 3 N–H and O–H groups in total. The molecule has 5 heteroatoms. The molecule has 0 radical (unpaired) electrons. The molecule has 20 heavy (non-hydrogen) atoms. The van der Waals surface area contributed by atoms with Gasteiger partial charge in [0.2, 0.25) is 5.91 Å². The van der Waals surface area contributed by atoms with Crippen LogP contribution in [-0.2, 0) is 4.79 Å². The second-order valence-corrected chi connectivity index (χ2v) is 5.16. The van der Waals surface area contributed by atoms with E-state index in [1.165, 1.54) is 0 Å². The van der Waals surface area contributed by atoms with Crippen molar-refractivity contribution in [3.05, 3.63) is 29.8 Å². The average molecular weight is 277 g/mol. The molecule has 5 nitrogen and oxygen atoms in total. The van der Waals surface area contributed by atoms with Gasteiger partial charge in [0.05, 0.1) is 0 Å². The van der Waals surface area contributed by atoms with Gasteiger partial charge in [0, 0.05) is 29.8 Å². The Bertz CT molecular complexity index is 472. The summed E-state index contributed by atoms with van der Waals surface area (Å²) >= 11 is 0. The number of nitrogens with one attached hydrogen (secondary N) is 3. The number of hydrogen-bond donors (Lipinski definition) is 3. The highest BCUT2D eigenvalue weighted by molar-refractivity contribution is 5.97. The lowest BCUT2D eigenvalue weighted by Crippen LogP contribution is -2.30. The zero-order valence-corrected chi connectivity index (χ0v) is 12.5. The maximum absolute atomic E-state index is 11.9. The topological polar surface area (TPSA) is 70.2 Å². The van der Waals surface area contributed by atoms with Gasteiger partial charge < -0.3 is 16.0 Å². The third-order valence-corrected chi connectivity index (χ3v) is 2.77. The van der Waals surface area contributed by atoms with Crippen molar-refractivity contribution >= 4 is 17.5 Å². The molecule has 0 spiro atoms. The fraction of sp³-hybridized carbons (Fsp3) is 0.467. The molecule has 2 amide bonds. The third kappa shape index (κ3) is 5.01. The number of carbonyl (C=O) groups is 2. The molecule has 0 aliphatic rings. The third-order valence-electron chi connectivity index (χ3n) is 2.77. The summed E-state index contributed by atoms with van der Waals surface area (Å²) in [5, 5.41) is 8.60. The summed E-state index contributed by atoms with van der Waals surface area (Å²) in [5.41, 5.74) is 1.17. The van der Waals surface area contributed by atoms with Crippen LogP contribution in [-0.4, -0.2) is 31.4 Å². The van der Waals surface area contributed by atoms with Crippen LogP contribution in [0.5, 0.6) is 0 Å². The Kier molecular flexibility index (Phi) is 6.18. The maximum atomic E-state index is 11.9. The molecule has 0 bridgehead atoms. The van der Waals surface area contributed by atoms with Crippen LogP contribution in [0.4, 0.5) is 5.69 Å². The molecule has 1 atom stereocenters. The van der Waals surface area contributed by atoms with Crippen LogP contribution in [0.3, 0.4) is 0 Å². The van der Waals surface area contributed by atoms with E-state index in [9.17, 15) is 9.59 Å². The summed E-state index contributed by atoms with van der Waals surface area (Å²) in [6.45, 7) is 6.27. The lowest BCUT2D eigenvalue weighted by atomic mass is 10.1. The molecule has 110 valence electrons. The zero-order chi connectivity index (χ0) is 15.1. The second-order valence-electron chi connectivity index (χ2n) is 5.16. The van der Waals surface area contributed by atoms with Crippen molar-refractivity contribution in [3.8, 4) is 0 Å². The molecule has 0 aliphatic carbocycles. The molecule has 0 saturated carbocycles. The van der Waals surface area contributed by atoms with E-state index in [0.29, 0.717) is 17.8 Å². The van der Waals surface area contributed by atoms with Gasteiger partial charge in [-0.25, -0.2) is 0 Å². The summed E-state index contributed by atoms with van der Waals surface area (Å²) in [6, 6.07) is 7.02. The zero-order valence-electron chi connectivity index (χ0n) is 12.5. The van der Waals surface area contributed by atoms with Crippen LogP contribution in [0.2, 0.25) is 0 Å². The maximum Gasteiger partial charge on any atom is 0.251 e. The number of anilines is 1. The lowest BCUT2D eigenvalue weighted by molar-refractivity contribution is -0.119. The van der Waals surface area contributed by atoms with Gasteiger partial charge in [-0.05, 0) is 39.1 Å². The standard InChI is InChI=1S/C15H23N3O2/c1-10(2)17-15(20)12-6-5-7-13(8-12)18-14(19)11(3)9-16-4/h5-8,10-11,16H,9H2,1-4H3,(H,17,20)(H,18,19). The van der Waals surface area contributed by atoms with Gasteiger partial charge in [0.1, 0.15) is 0 Å². The van der Waals surface area contributed by atoms with E-state index in [1.54, 1.807) is 31.3 Å². The van der Waals surface area contributed by atoms with Crippen molar-refractivity contribution in [2.24, 2.45) is 5.92 Å². The van der Waals surface area contributed by atoms with Crippen molar-refractivity contribution < 1.29 is 9.59 Å². The highest BCUT2D eigenvalue weighted by atomic mass is 16.2. The molecule has 0 aliphatic heterocycles. The monoisotopic (exact) mass is 277 g/mol. The molecule has 0 heterocycles. The molecule has 0 saturated heterocycles. The lowest BCUT2D eigenvalue weighted by Gasteiger charge is -2.13. The fourth-order valence-corrected chi connectivity index (χ4v) is 1.75. The van der Waals surface area contributed by atoms with Gasteiger partial charge in [0.15, 0.2) is 0 Å². The van der Waals surface area contributed by atoms with Crippen LogP contribution < -0.4 is 16.0 Å². The van der Waals surface area contributed by atoms with Crippen molar-refractivity contribution in [1.29, 1.82) is 0 Å². The SMILES string of the molecule is CNCC(C)C(=O)Nc1cccc(C(=O)NC(C)C)c1. The first-order valence-corrected chi connectivity index (χ1v) is 6.80. The smallest absolute Gasteiger partial charge is 0.251 e. The Morgan fingerprint density at radius 3 is 2.50 bits per heavy atom. The summed E-state index contributed by atoms with van der Waals surface area (Å²) in [7, 11) is 1.81. The molecule has 0 aromatic heterocycles. The Morgan fingerprint density at radius 1 is 1.20 bits per heavy atom. The largest absolute Gasteiger partial charge is 0.350 e. The Labute approximate surface area is 120 Å². The van der Waals surface area contributed by atoms with E-state index < -0.39 is 0 Å². The summed E-state index contributed by atoms with van der Waals surface area (Å²) < 4.78 is 0. The molecule has 1 aromatic rings. The molecule has 1 unspecified atom stereocenters. The molecular formula is C15H23N3O2. The highest BCUT2D eigenvalue weighted by Crippen LogP contribution is 2.12. The van der Waals surface area contributed by atoms with E-state index in [2.05, 4.69) is 16.0 Å². The first-order chi connectivity index (χ1) is 9.43. The average Bonchev–Trinajstić information content (AvgIpc) is 2.38. The normalized spacial score (nSPS) is 12.1. The quantitative estimate of drug-likeness (QED) is 0.740. The van der Waals surface area contributed by atoms with E-state index in [0.717, 1.165) is 0 Å². The van der Waals surface area contributed by atoms with Crippen LogP contribution >= 0.6 is 0 Å². The number of carbonyl (C=O) groups excluding carboxylic acids is 2. The van der Waals surface area contributed by atoms with Crippen molar-refractivity contribution in [2.45, 2.75) is 26.8 Å². The molecule has 1 aromatic carbocycles. The molecular weight excluding hydrogens is 254 g/mol. The van der Waals surface area contributed by atoms with Crippen LogP contribution in [0.25, 0.3) is 0 Å². The summed E-state index contributed by atoms with van der Waals surface area (Å²) in [6.07, 6.45) is 0. The molecule has 1 rings (SSSR count). The minimum atomic E-state index is -0.139. The van der Waals surface area contributed by atoms with Gasteiger partial charge >= 0.3 is 0 Å². The van der Waals surface area contributed by atoms with Gasteiger partial charge in [-0.2, -0.15) is 0 Å². The summed E-state index contributed by atoms with van der Waals surface area (Å²) in [5.74, 6) is -0.340. The fourth-order valence-electron chi connectivity index (χ4n) is 1.75. The van der Waals surface area contributed by atoms with Crippen LogP contribution in [0, 0.1) is 5.92 Å². The van der Waals surface area contributed by atoms with Crippen molar-refractivity contribution in [2.75, 3.05) is 18.9 Å². The predicted octanol–water partition coefficient (Wildman–Crippen LogP) is 1.62. The number of benzene rings is 1. The number of hydrogen-bond acceptors (Lipinski definition) is 3. The Balaban J connectivity index is 2.73. The first kappa shape index (κ1) is 16.2. The minimum absolute atomic E-state index is 0.0687. The van der Waals surface area contributed by atoms with Crippen molar-refractivity contribution in [1.82, 2.24) is 10.6 Å². The Morgan fingerprint density at radius 2 is 1.90 bits per heavy atom. The van der Waals surface area contributed by atoms with Crippen LogP contribution in [0.1, 0.15) is 31.1 Å². The van der Waals surface area contributed by atoms with Crippen molar-refractivity contribution in [3.63, 3.8) is 0 Å². The first-order valence-electron chi connectivity index (χ1n) is 6.80. The minimum Gasteiger partial charge on any atom is -0.350 e. The predicted molar refractivity (Wildman–Crippen MR) is 80.8 cm³/mol. The Hall–Kier alpha value is -1.88. The second kappa shape index (κ2) is 7.65. The van der Waals surface area contributed by atoms with E-state index >= 15 is 0 Å². The van der Waals surface area contributed by atoms with Gasteiger partial charge in [-0.1, -0.05) is 13.0 Å². The van der Waals surface area contributed by atoms with Gasteiger partial charge in [-0.3, -0.25) is 9.59 Å². The number of amides is 2. The van der Waals surface area contributed by atoms with Crippen LogP contribution in [0.15, 0.2) is 24.3 Å². The highest BCUT2D eigenvalue weighted by Gasteiger charge is 2.13. The van der Waals surface area contributed by atoms with Gasteiger partial charge in [0.25, 0.3) is 5.91 Å². The summed E-state index contributed by atoms with van der Waals surface area (Å²) in [4.78, 5) is 23.8. The molecule has 0 fully saturated rings. The van der Waals surface area contributed by atoms with Gasteiger partial charge in [-0.15, -0.1) is 0 Å². The van der Waals surface area contributed by atoms with E-state index in [4.69, 9.17) is 0 Å².